The summed E-state index contributed by atoms with van der Waals surface area (Å²) in [6.45, 7) is 0.683. The third-order valence-electron chi connectivity index (χ3n) is 4.40. The van der Waals surface area contributed by atoms with Gasteiger partial charge >= 0.3 is 0 Å². The lowest BCUT2D eigenvalue weighted by atomic mass is 10.2. The number of hydrogen-bond acceptors (Lipinski definition) is 4. The predicted molar refractivity (Wildman–Crippen MR) is 115 cm³/mol. The molecule has 1 amide bonds. The summed E-state index contributed by atoms with van der Waals surface area (Å²) in [7, 11) is -3.79. The van der Waals surface area contributed by atoms with Gasteiger partial charge in [-0.15, -0.1) is 0 Å². The lowest BCUT2D eigenvalue weighted by Gasteiger charge is -2.10. The summed E-state index contributed by atoms with van der Waals surface area (Å²) in [5.41, 5.74) is 1.93. The van der Waals surface area contributed by atoms with E-state index in [1.165, 1.54) is 12.1 Å². The zero-order valence-electron chi connectivity index (χ0n) is 16.8. The minimum atomic E-state index is -3.79. The molecular formula is C23H23FN2O4S. The van der Waals surface area contributed by atoms with E-state index < -0.39 is 15.8 Å². The highest BCUT2D eigenvalue weighted by atomic mass is 32.2. The van der Waals surface area contributed by atoms with Crippen molar-refractivity contribution in [1.29, 1.82) is 0 Å². The van der Waals surface area contributed by atoms with Crippen LogP contribution in [0.4, 0.5) is 4.39 Å². The summed E-state index contributed by atoms with van der Waals surface area (Å²) in [6.07, 6.45) is -0.0232. The highest BCUT2D eigenvalue weighted by Gasteiger charge is 2.14. The van der Waals surface area contributed by atoms with Gasteiger partial charge in [-0.05, 0) is 47.5 Å². The van der Waals surface area contributed by atoms with Gasteiger partial charge in [-0.2, -0.15) is 0 Å². The van der Waals surface area contributed by atoms with E-state index in [2.05, 4.69) is 10.0 Å². The summed E-state index contributed by atoms with van der Waals surface area (Å²) < 4.78 is 45.3. The molecular weight excluding hydrogens is 419 g/mol. The van der Waals surface area contributed by atoms with Gasteiger partial charge in [0, 0.05) is 19.5 Å². The molecule has 0 bridgehead atoms. The molecule has 0 atom stereocenters. The maximum atomic E-state index is 12.9. The number of nitrogens with one attached hydrogen (secondary N) is 2. The Morgan fingerprint density at radius 2 is 1.61 bits per heavy atom. The summed E-state index contributed by atoms with van der Waals surface area (Å²) in [5, 5.41) is 2.75. The first-order chi connectivity index (χ1) is 14.9. The largest absolute Gasteiger partial charge is 0.489 e. The molecule has 0 fully saturated rings. The van der Waals surface area contributed by atoms with E-state index in [1.54, 1.807) is 0 Å². The van der Waals surface area contributed by atoms with Crippen molar-refractivity contribution in [3.63, 3.8) is 0 Å². The molecule has 0 aliphatic rings. The molecule has 31 heavy (non-hydrogen) atoms. The van der Waals surface area contributed by atoms with Crippen molar-refractivity contribution < 1.29 is 22.3 Å². The van der Waals surface area contributed by atoms with Crippen LogP contribution < -0.4 is 14.8 Å². The molecule has 0 saturated heterocycles. The fourth-order valence-corrected chi connectivity index (χ4v) is 3.80. The van der Waals surface area contributed by atoms with Crippen LogP contribution in [0, 0.1) is 5.82 Å². The van der Waals surface area contributed by atoms with Crippen molar-refractivity contribution in [3.8, 4) is 5.75 Å². The zero-order chi connectivity index (χ0) is 22.1. The van der Waals surface area contributed by atoms with E-state index in [0.29, 0.717) is 18.9 Å². The van der Waals surface area contributed by atoms with Gasteiger partial charge in [0.05, 0.1) is 4.90 Å². The smallest absolute Gasteiger partial charge is 0.240 e. The molecule has 3 aromatic carbocycles. The van der Waals surface area contributed by atoms with Crippen molar-refractivity contribution in [3.05, 3.63) is 95.8 Å². The van der Waals surface area contributed by atoms with Gasteiger partial charge in [-0.25, -0.2) is 17.5 Å². The van der Waals surface area contributed by atoms with Crippen LogP contribution in [-0.4, -0.2) is 20.9 Å². The quantitative estimate of drug-likeness (QED) is 0.504. The standard InChI is InChI=1S/C23H23FN2O4S/c24-20-9-11-22(12-10-20)31(28,29)26-14-13-23(27)25-16-19-7-4-8-21(15-19)30-17-18-5-2-1-3-6-18/h1-12,15,26H,13-14,16-17H2,(H,25,27). The average Bonchev–Trinajstić information content (AvgIpc) is 2.77. The maximum absolute atomic E-state index is 12.9. The Labute approximate surface area is 181 Å². The summed E-state index contributed by atoms with van der Waals surface area (Å²) >= 11 is 0. The summed E-state index contributed by atoms with van der Waals surface area (Å²) in [5.74, 6) is -0.118. The second kappa shape index (κ2) is 10.7. The van der Waals surface area contributed by atoms with E-state index in [-0.39, 0.29) is 23.8 Å². The minimum absolute atomic E-state index is 0.0232. The Morgan fingerprint density at radius 3 is 2.35 bits per heavy atom. The first-order valence-electron chi connectivity index (χ1n) is 9.70. The molecule has 0 spiro atoms. The molecule has 0 aliphatic carbocycles. The van der Waals surface area contributed by atoms with Gasteiger partial charge in [0.1, 0.15) is 18.2 Å². The number of halogens is 1. The molecule has 3 rings (SSSR count). The molecule has 162 valence electrons. The first-order valence-corrected chi connectivity index (χ1v) is 11.2. The molecule has 0 heterocycles. The second-order valence-electron chi connectivity index (χ2n) is 6.80. The van der Waals surface area contributed by atoms with Crippen molar-refractivity contribution in [2.24, 2.45) is 0 Å². The molecule has 0 saturated carbocycles. The summed E-state index contributed by atoms with van der Waals surface area (Å²) in [6, 6.07) is 21.7. The zero-order valence-corrected chi connectivity index (χ0v) is 17.6. The molecule has 3 aromatic rings. The Morgan fingerprint density at radius 1 is 0.903 bits per heavy atom. The topological polar surface area (TPSA) is 84.5 Å². The van der Waals surface area contributed by atoms with Crippen LogP contribution in [0.1, 0.15) is 17.5 Å². The van der Waals surface area contributed by atoms with Crippen LogP contribution in [0.15, 0.2) is 83.8 Å². The molecule has 0 radical (unpaired) electrons. The normalized spacial score (nSPS) is 11.1. The van der Waals surface area contributed by atoms with Gasteiger partial charge in [0.25, 0.3) is 0 Å². The fourth-order valence-electron chi connectivity index (χ4n) is 2.77. The number of ether oxygens (including phenoxy) is 1. The number of sulfonamides is 1. The number of carbonyl (C=O) groups excluding carboxylic acids is 1. The Balaban J connectivity index is 1.42. The van der Waals surface area contributed by atoms with Crippen LogP contribution >= 0.6 is 0 Å². The molecule has 0 aromatic heterocycles. The second-order valence-corrected chi connectivity index (χ2v) is 8.57. The van der Waals surface area contributed by atoms with E-state index >= 15 is 0 Å². The molecule has 0 aliphatic heterocycles. The van der Waals surface area contributed by atoms with Gasteiger partial charge in [0.15, 0.2) is 0 Å². The van der Waals surface area contributed by atoms with Gasteiger partial charge in [0.2, 0.25) is 15.9 Å². The molecule has 0 unspecified atom stereocenters. The highest BCUT2D eigenvalue weighted by molar-refractivity contribution is 7.89. The maximum Gasteiger partial charge on any atom is 0.240 e. The number of rotatable bonds is 10. The number of carbonyl (C=O) groups is 1. The predicted octanol–water partition coefficient (Wildman–Crippen LogP) is 3.39. The SMILES string of the molecule is O=C(CCNS(=O)(=O)c1ccc(F)cc1)NCc1cccc(OCc2ccccc2)c1. The van der Waals surface area contributed by atoms with Crippen LogP contribution in [0.3, 0.4) is 0 Å². The number of benzene rings is 3. The average molecular weight is 443 g/mol. The van der Waals surface area contributed by atoms with E-state index in [4.69, 9.17) is 4.74 Å². The first kappa shape index (κ1) is 22.5. The fraction of sp³-hybridized carbons (Fsp3) is 0.174. The third-order valence-corrected chi connectivity index (χ3v) is 5.88. The Bertz CT molecular complexity index is 1100. The number of hydrogen-bond donors (Lipinski definition) is 2. The van der Waals surface area contributed by atoms with Crippen molar-refractivity contribution in [2.75, 3.05) is 6.54 Å². The van der Waals surface area contributed by atoms with Crippen LogP contribution in [0.2, 0.25) is 0 Å². The van der Waals surface area contributed by atoms with Crippen LogP contribution in [-0.2, 0) is 28.0 Å². The monoisotopic (exact) mass is 442 g/mol. The van der Waals surface area contributed by atoms with E-state index in [9.17, 15) is 17.6 Å². The van der Waals surface area contributed by atoms with E-state index in [0.717, 1.165) is 23.3 Å². The van der Waals surface area contributed by atoms with Gasteiger partial charge in [-0.3, -0.25) is 4.79 Å². The van der Waals surface area contributed by atoms with E-state index in [1.807, 2.05) is 54.6 Å². The lowest BCUT2D eigenvalue weighted by Crippen LogP contribution is -2.30. The summed E-state index contributed by atoms with van der Waals surface area (Å²) in [4.78, 5) is 12.0. The van der Waals surface area contributed by atoms with Crippen molar-refractivity contribution >= 4 is 15.9 Å². The minimum Gasteiger partial charge on any atom is -0.489 e. The van der Waals surface area contributed by atoms with Crippen LogP contribution in [0.25, 0.3) is 0 Å². The van der Waals surface area contributed by atoms with Crippen molar-refractivity contribution in [2.45, 2.75) is 24.5 Å². The lowest BCUT2D eigenvalue weighted by molar-refractivity contribution is -0.121. The Hall–Kier alpha value is -3.23. The highest BCUT2D eigenvalue weighted by Crippen LogP contribution is 2.15. The molecule has 2 N–H and O–H groups in total. The molecule has 6 nitrogen and oxygen atoms in total. The Kier molecular flexibility index (Phi) is 7.75. The van der Waals surface area contributed by atoms with Crippen molar-refractivity contribution in [1.82, 2.24) is 10.0 Å². The van der Waals surface area contributed by atoms with Gasteiger partial charge in [-0.1, -0.05) is 42.5 Å². The van der Waals surface area contributed by atoms with Crippen LogP contribution in [0.5, 0.6) is 5.75 Å². The van der Waals surface area contributed by atoms with Gasteiger partial charge < -0.3 is 10.1 Å². The third kappa shape index (κ3) is 7.20. The molecule has 8 heteroatoms. The number of amides is 1.